The van der Waals surface area contributed by atoms with E-state index in [1.54, 1.807) is 24.3 Å². The minimum atomic E-state index is -1.14. The Kier molecular flexibility index (Phi) is 6.58. The molecule has 1 saturated carbocycles. The second kappa shape index (κ2) is 9.31. The molecule has 1 fully saturated rings. The third-order valence-corrected chi connectivity index (χ3v) is 4.94. The van der Waals surface area contributed by atoms with Crippen LogP contribution < -0.4 is 16.2 Å². The smallest absolute Gasteiger partial charge is 0.321 e. The van der Waals surface area contributed by atoms with E-state index in [-0.39, 0.29) is 18.0 Å². The van der Waals surface area contributed by atoms with E-state index in [1.807, 2.05) is 0 Å². The Balaban J connectivity index is 1.53. The van der Waals surface area contributed by atoms with E-state index in [9.17, 15) is 19.2 Å². The third-order valence-electron chi connectivity index (χ3n) is 4.94. The van der Waals surface area contributed by atoms with Gasteiger partial charge < -0.3 is 10.1 Å². The molecular formula is C20H24N4O5. The lowest BCUT2D eigenvalue weighted by molar-refractivity contribution is -0.153. The molecule has 154 valence electrons. The molecule has 1 atom stereocenters. The first-order valence-electron chi connectivity index (χ1n) is 9.71. The van der Waals surface area contributed by atoms with Crippen LogP contribution in [0.15, 0.2) is 29.1 Å². The number of fused-ring (bicyclic) bond motifs is 1. The molecule has 0 bridgehead atoms. The van der Waals surface area contributed by atoms with Crippen LogP contribution in [0.3, 0.4) is 0 Å². The van der Waals surface area contributed by atoms with Gasteiger partial charge in [-0.15, -0.1) is 0 Å². The Hall–Kier alpha value is -3.23. The number of hydrogen-bond acceptors (Lipinski definition) is 6. The zero-order valence-corrected chi connectivity index (χ0v) is 16.2. The largest absolute Gasteiger partial charge is 0.452 e. The van der Waals surface area contributed by atoms with Crippen LogP contribution in [0.25, 0.3) is 10.8 Å². The van der Waals surface area contributed by atoms with Crippen molar-refractivity contribution in [1.29, 1.82) is 0 Å². The quantitative estimate of drug-likeness (QED) is 0.653. The van der Waals surface area contributed by atoms with Crippen LogP contribution >= 0.6 is 0 Å². The van der Waals surface area contributed by atoms with Gasteiger partial charge in [-0.05, 0) is 25.8 Å². The van der Waals surface area contributed by atoms with E-state index in [2.05, 4.69) is 20.8 Å². The van der Waals surface area contributed by atoms with E-state index >= 15 is 0 Å². The summed E-state index contributed by atoms with van der Waals surface area (Å²) in [6.07, 6.45) is 3.70. The molecule has 0 radical (unpaired) electrons. The van der Waals surface area contributed by atoms with Crippen molar-refractivity contribution >= 4 is 28.7 Å². The van der Waals surface area contributed by atoms with Gasteiger partial charge in [0.15, 0.2) is 6.10 Å². The first kappa shape index (κ1) is 20.5. The van der Waals surface area contributed by atoms with Gasteiger partial charge in [0.25, 0.3) is 11.5 Å². The second-order valence-electron chi connectivity index (χ2n) is 7.15. The summed E-state index contributed by atoms with van der Waals surface area (Å²) in [5.74, 6) is -1.39. The summed E-state index contributed by atoms with van der Waals surface area (Å²) >= 11 is 0. The summed E-state index contributed by atoms with van der Waals surface area (Å²) in [5.41, 5.74) is -0.0118. The van der Waals surface area contributed by atoms with Crippen LogP contribution in [-0.4, -0.2) is 40.3 Å². The highest BCUT2D eigenvalue weighted by atomic mass is 16.5. The fourth-order valence-corrected chi connectivity index (χ4v) is 3.42. The summed E-state index contributed by atoms with van der Waals surface area (Å²) in [6.45, 7) is 1.39. The van der Waals surface area contributed by atoms with E-state index in [0.29, 0.717) is 16.5 Å². The number of imide groups is 1. The molecule has 9 heteroatoms. The molecule has 1 aliphatic rings. The van der Waals surface area contributed by atoms with Gasteiger partial charge in [0.05, 0.1) is 17.5 Å². The summed E-state index contributed by atoms with van der Waals surface area (Å²) in [6, 6.07) is 6.24. The highest BCUT2D eigenvalue weighted by Gasteiger charge is 2.23. The number of esters is 1. The van der Waals surface area contributed by atoms with Crippen molar-refractivity contribution < 1.29 is 19.1 Å². The average Bonchev–Trinajstić information content (AvgIpc) is 2.71. The maximum Gasteiger partial charge on any atom is 0.321 e. The zero-order valence-electron chi connectivity index (χ0n) is 16.2. The monoisotopic (exact) mass is 400 g/mol. The number of urea groups is 1. The number of H-pyrrole nitrogens is 1. The minimum absolute atomic E-state index is 0.0639. The third kappa shape index (κ3) is 5.40. The van der Waals surface area contributed by atoms with Gasteiger partial charge >= 0.3 is 12.0 Å². The summed E-state index contributed by atoms with van der Waals surface area (Å²) in [5, 5.41) is 12.2. The highest BCUT2D eigenvalue weighted by Crippen LogP contribution is 2.17. The molecule has 3 amide bonds. The van der Waals surface area contributed by atoms with Gasteiger partial charge in [-0.2, -0.15) is 5.10 Å². The molecule has 1 heterocycles. The number of ether oxygens (including phenoxy) is 1. The van der Waals surface area contributed by atoms with Crippen molar-refractivity contribution in [3.63, 3.8) is 0 Å². The van der Waals surface area contributed by atoms with Crippen LogP contribution in [0.1, 0.15) is 44.7 Å². The lowest BCUT2D eigenvalue weighted by Gasteiger charge is -2.23. The molecule has 1 aromatic heterocycles. The van der Waals surface area contributed by atoms with Crippen molar-refractivity contribution in [3.8, 4) is 0 Å². The highest BCUT2D eigenvalue weighted by molar-refractivity contribution is 5.97. The Morgan fingerprint density at radius 1 is 1.17 bits per heavy atom. The Morgan fingerprint density at radius 3 is 2.59 bits per heavy atom. The molecule has 2 aromatic rings. The number of hydrogen-bond donors (Lipinski definition) is 3. The number of carbonyl (C=O) groups excluding carboxylic acids is 3. The molecule has 3 N–H and O–H groups in total. The maximum atomic E-state index is 12.2. The molecule has 29 heavy (non-hydrogen) atoms. The fourth-order valence-electron chi connectivity index (χ4n) is 3.42. The Bertz CT molecular complexity index is 965. The molecule has 9 nitrogen and oxygen atoms in total. The van der Waals surface area contributed by atoms with E-state index in [4.69, 9.17) is 4.74 Å². The summed E-state index contributed by atoms with van der Waals surface area (Å²) in [4.78, 5) is 48.1. The van der Waals surface area contributed by atoms with Crippen LogP contribution in [0.2, 0.25) is 0 Å². The van der Waals surface area contributed by atoms with Crippen molar-refractivity contribution in [3.05, 3.63) is 40.3 Å². The Labute approximate surface area is 167 Å². The lowest BCUT2D eigenvalue weighted by Crippen LogP contribution is -2.48. The normalized spacial score (nSPS) is 15.5. The van der Waals surface area contributed by atoms with E-state index in [1.165, 1.54) is 6.92 Å². The van der Waals surface area contributed by atoms with Crippen molar-refractivity contribution in [2.24, 2.45) is 0 Å². The molecule has 1 aliphatic carbocycles. The number of amides is 3. The molecule has 1 aromatic carbocycles. The number of rotatable bonds is 5. The summed E-state index contributed by atoms with van der Waals surface area (Å²) < 4.78 is 5.12. The molecule has 0 aliphatic heterocycles. The first-order chi connectivity index (χ1) is 13.9. The number of aromatic nitrogens is 2. The zero-order chi connectivity index (χ0) is 20.8. The SMILES string of the molecule is C[C@@H](OC(=O)Cc1n[nH]c(=O)c2ccccc12)C(=O)NC(=O)NC1CCCCC1. The molecule has 0 unspecified atom stereocenters. The van der Waals surface area contributed by atoms with Crippen molar-refractivity contribution in [2.75, 3.05) is 0 Å². The predicted octanol–water partition coefficient (Wildman–Crippen LogP) is 1.56. The van der Waals surface area contributed by atoms with Gasteiger partial charge in [-0.3, -0.25) is 19.7 Å². The van der Waals surface area contributed by atoms with E-state index in [0.717, 1.165) is 32.1 Å². The van der Waals surface area contributed by atoms with Gasteiger partial charge in [-0.1, -0.05) is 37.5 Å². The predicted molar refractivity (Wildman–Crippen MR) is 105 cm³/mol. The molecule has 3 rings (SSSR count). The first-order valence-corrected chi connectivity index (χ1v) is 9.71. The molecule has 0 saturated heterocycles. The van der Waals surface area contributed by atoms with Crippen molar-refractivity contribution in [1.82, 2.24) is 20.8 Å². The lowest BCUT2D eigenvalue weighted by atomic mass is 9.96. The van der Waals surface area contributed by atoms with Gasteiger partial charge in [-0.25, -0.2) is 9.89 Å². The van der Waals surface area contributed by atoms with Crippen LogP contribution in [0.5, 0.6) is 0 Å². The molecular weight excluding hydrogens is 376 g/mol. The standard InChI is InChI=1S/C20H24N4O5/c1-12(18(26)22-20(28)21-13-7-3-2-4-8-13)29-17(25)11-16-14-9-5-6-10-15(14)19(27)24-23-16/h5-6,9-10,12-13H,2-4,7-8,11H2,1H3,(H,24,27)(H2,21,22,26,28)/t12-/m1/s1. The van der Waals surface area contributed by atoms with E-state index < -0.39 is 24.0 Å². The van der Waals surface area contributed by atoms with Gasteiger partial charge in [0.1, 0.15) is 0 Å². The van der Waals surface area contributed by atoms with Crippen LogP contribution in [0.4, 0.5) is 4.79 Å². The van der Waals surface area contributed by atoms with Crippen LogP contribution in [-0.2, 0) is 20.7 Å². The van der Waals surface area contributed by atoms with Gasteiger partial charge in [0.2, 0.25) is 0 Å². The average molecular weight is 400 g/mol. The number of nitrogens with zero attached hydrogens (tertiary/aromatic N) is 1. The maximum absolute atomic E-state index is 12.2. The minimum Gasteiger partial charge on any atom is -0.452 e. The number of carbonyl (C=O) groups is 3. The number of aromatic amines is 1. The number of benzene rings is 1. The molecule has 0 spiro atoms. The van der Waals surface area contributed by atoms with Gasteiger partial charge in [0, 0.05) is 11.4 Å². The van der Waals surface area contributed by atoms with Crippen LogP contribution in [0, 0.1) is 0 Å². The van der Waals surface area contributed by atoms with Crippen molar-refractivity contribution in [2.45, 2.75) is 57.6 Å². The number of nitrogens with one attached hydrogen (secondary N) is 3. The second-order valence-corrected chi connectivity index (χ2v) is 7.15. The topological polar surface area (TPSA) is 130 Å². The fraction of sp³-hybridized carbons (Fsp3) is 0.450. The Morgan fingerprint density at radius 2 is 1.86 bits per heavy atom. The summed E-state index contributed by atoms with van der Waals surface area (Å²) in [7, 11) is 0.